The number of nitrogens with zero attached hydrogens (tertiary/aromatic N) is 2. The highest BCUT2D eigenvalue weighted by Crippen LogP contribution is 2.13. The number of anilines is 1. The Morgan fingerprint density at radius 3 is 2.61 bits per heavy atom. The first-order valence-corrected chi connectivity index (χ1v) is 5.91. The van der Waals surface area contributed by atoms with E-state index in [1.807, 2.05) is 24.3 Å². The van der Waals surface area contributed by atoms with Crippen molar-refractivity contribution >= 4 is 17.4 Å². The minimum atomic E-state index is 0.431. The standard InChI is InChI=1S/C13H14ClN3O/c1-18-8-11-7-12(15)17-13(16-11)6-9-2-4-10(14)5-3-9/h2-5,7H,6,8H2,1H3,(H2,15,16,17). The van der Waals surface area contributed by atoms with Crippen molar-refractivity contribution in [3.05, 3.63) is 52.4 Å². The Morgan fingerprint density at radius 1 is 1.22 bits per heavy atom. The average Bonchev–Trinajstić information content (AvgIpc) is 2.32. The number of ether oxygens (including phenoxy) is 1. The third kappa shape index (κ3) is 3.42. The molecule has 2 N–H and O–H groups in total. The second-order valence-electron chi connectivity index (χ2n) is 3.94. The van der Waals surface area contributed by atoms with Gasteiger partial charge in [0, 0.05) is 24.6 Å². The molecular weight excluding hydrogens is 250 g/mol. The molecule has 0 bridgehead atoms. The maximum atomic E-state index is 5.84. The number of benzene rings is 1. The largest absolute Gasteiger partial charge is 0.384 e. The molecule has 4 nitrogen and oxygen atoms in total. The van der Waals surface area contributed by atoms with E-state index >= 15 is 0 Å². The fraction of sp³-hybridized carbons (Fsp3) is 0.231. The van der Waals surface area contributed by atoms with Crippen LogP contribution in [0.5, 0.6) is 0 Å². The number of nitrogens with two attached hydrogens (primary N) is 1. The second kappa shape index (κ2) is 5.80. The van der Waals surface area contributed by atoms with Crippen molar-refractivity contribution in [1.29, 1.82) is 0 Å². The van der Waals surface area contributed by atoms with Crippen molar-refractivity contribution in [2.45, 2.75) is 13.0 Å². The van der Waals surface area contributed by atoms with E-state index in [0.29, 0.717) is 29.7 Å². The monoisotopic (exact) mass is 263 g/mol. The molecule has 1 aromatic heterocycles. The summed E-state index contributed by atoms with van der Waals surface area (Å²) in [5, 5.41) is 0.715. The maximum absolute atomic E-state index is 5.84. The van der Waals surface area contributed by atoms with Gasteiger partial charge in [-0.15, -0.1) is 0 Å². The van der Waals surface area contributed by atoms with Crippen LogP contribution in [-0.2, 0) is 17.8 Å². The number of halogens is 1. The summed E-state index contributed by atoms with van der Waals surface area (Å²) in [4.78, 5) is 8.60. The predicted octanol–water partition coefficient (Wildman–Crippen LogP) is 2.45. The normalized spacial score (nSPS) is 10.6. The molecule has 0 saturated heterocycles. The van der Waals surface area contributed by atoms with Crippen LogP contribution >= 0.6 is 11.6 Å². The maximum Gasteiger partial charge on any atom is 0.135 e. The van der Waals surface area contributed by atoms with Crippen LogP contribution in [0.1, 0.15) is 17.1 Å². The Labute approximate surface area is 111 Å². The van der Waals surface area contributed by atoms with E-state index in [1.54, 1.807) is 13.2 Å². The number of hydrogen-bond donors (Lipinski definition) is 1. The predicted molar refractivity (Wildman–Crippen MR) is 71.4 cm³/mol. The van der Waals surface area contributed by atoms with E-state index in [2.05, 4.69) is 9.97 Å². The van der Waals surface area contributed by atoms with E-state index in [4.69, 9.17) is 22.1 Å². The fourth-order valence-electron chi connectivity index (χ4n) is 1.66. The number of aromatic nitrogens is 2. The van der Waals surface area contributed by atoms with Gasteiger partial charge in [0.05, 0.1) is 12.3 Å². The quantitative estimate of drug-likeness (QED) is 0.920. The Kier molecular flexibility index (Phi) is 4.12. The van der Waals surface area contributed by atoms with Gasteiger partial charge in [-0.05, 0) is 17.7 Å². The van der Waals surface area contributed by atoms with Crippen molar-refractivity contribution < 1.29 is 4.74 Å². The average molecular weight is 264 g/mol. The van der Waals surface area contributed by atoms with Crippen LogP contribution in [0.25, 0.3) is 0 Å². The molecule has 2 aromatic rings. The Morgan fingerprint density at radius 2 is 1.94 bits per heavy atom. The summed E-state index contributed by atoms with van der Waals surface area (Å²) in [5.41, 5.74) is 7.62. The molecular formula is C13H14ClN3O. The SMILES string of the molecule is COCc1cc(N)nc(Cc2ccc(Cl)cc2)n1. The number of hydrogen-bond acceptors (Lipinski definition) is 4. The van der Waals surface area contributed by atoms with Crippen molar-refractivity contribution in [2.24, 2.45) is 0 Å². The molecule has 0 aliphatic carbocycles. The molecule has 0 unspecified atom stereocenters. The third-order valence-electron chi connectivity index (χ3n) is 2.41. The van der Waals surface area contributed by atoms with Crippen LogP contribution in [0.15, 0.2) is 30.3 Å². The summed E-state index contributed by atoms with van der Waals surface area (Å²) in [6.45, 7) is 0.431. The summed E-state index contributed by atoms with van der Waals surface area (Å²) in [7, 11) is 1.62. The highest BCUT2D eigenvalue weighted by molar-refractivity contribution is 6.30. The van der Waals surface area contributed by atoms with Gasteiger partial charge in [-0.1, -0.05) is 23.7 Å². The lowest BCUT2D eigenvalue weighted by Crippen LogP contribution is -2.04. The van der Waals surface area contributed by atoms with Gasteiger partial charge in [0.25, 0.3) is 0 Å². The molecule has 0 saturated carbocycles. The first-order valence-electron chi connectivity index (χ1n) is 5.53. The summed E-state index contributed by atoms with van der Waals surface area (Å²) >= 11 is 5.84. The summed E-state index contributed by atoms with van der Waals surface area (Å²) in [6.07, 6.45) is 0.624. The van der Waals surface area contributed by atoms with E-state index in [-0.39, 0.29) is 0 Å². The molecule has 94 valence electrons. The van der Waals surface area contributed by atoms with Gasteiger partial charge in [0.2, 0.25) is 0 Å². The minimum Gasteiger partial charge on any atom is -0.384 e. The molecule has 1 aromatic carbocycles. The van der Waals surface area contributed by atoms with Gasteiger partial charge in [-0.3, -0.25) is 0 Å². The number of methoxy groups -OCH3 is 1. The zero-order valence-corrected chi connectivity index (χ0v) is 10.8. The summed E-state index contributed by atoms with van der Waals surface area (Å²) < 4.78 is 5.04. The van der Waals surface area contributed by atoms with Crippen LogP contribution in [0.2, 0.25) is 5.02 Å². The molecule has 5 heteroatoms. The van der Waals surface area contributed by atoms with Gasteiger partial charge in [0.15, 0.2) is 0 Å². The Bertz CT molecular complexity index is 528. The molecule has 0 atom stereocenters. The zero-order valence-electron chi connectivity index (χ0n) is 10.1. The van der Waals surface area contributed by atoms with Crippen LogP contribution in [0.3, 0.4) is 0 Å². The minimum absolute atomic E-state index is 0.431. The first-order chi connectivity index (χ1) is 8.67. The molecule has 2 rings (SSSR count). The summed E-state index contributed by atoms with van der Waals surface area (Å²) in [5.74, 6) is 1.14. The van der Waals surface area contributed by atoms with Gasteiger partial charge >= 0.3 is 0 Å². The van der Waals surface area contributed by atoms with Crippen molar-refractivity contribution in [1.82, 2.24) is 9.97 Å². The van der Waals surface area contributed by atoms with E-state index in [1.165, 1.54) is 0 Å². The van der Waals surface area contributed by atoms with Crippen molar-refractivity contribution in [3.63, 3.8) is 0 Å². The van der Waals surface area contributed by atoms with Crippen LogP contribution in [0.4, 0.5) is 5.82 Å². The van der Waals surface area contributed by atoms with Crippen LogP contribution in [-0.4, -0.2) is 17.1 Å². The molecule has 0 radical (unpaired) electrons. The van der Waals surface area contributed by atoms with Gasteiger partial charge in [-0.25, -0.2) is 9.97 Å². The number of rotatable bonds is 4. The van der Waals surface area contributed by atoms with Gasteiger partial charge < -0.3 is 10.5 Å². The second-order valence-corrected chi connectivity index (χ2v) is 4.37. The van der Waals surface area contributed by atoms with E-state index in [9.17, 15) is 0 Å². The highest BCUT2D eigenvalue weighted by Gasteiger charge is 2.04. The molecule has 0 spiro atoms. The highest BCUT2D eigenvalue weighted by atomic mass is 35.5. The zero-order chi connectivity index (χ0) is 13.0. The molecule has 0 aliphatic rings. The topological polar surface area (TPSA) is 61.0 Å². The smallest absolute Gasteiger partial charge is 0.135 e. The van der Waals surface area contributed by atoms with Crippen molar-refractivity contribution in [3.8, 4) is 0 Å². The fourth-order valence-corrected chi connectivity index (χ4v) is 1.79. The Balaban J connectivity index is 2.20. The van der Waals surface area contributed by atoms with Gasteiger partial charge in [-0.2, -0.15) is 0 Å². The van der Waals surface area contributed by atoms with E-state index < -0.39 is 0 Å². The van der Waals surface area contributed by atoms with Crippen molar-refractivity contribution in [2.75, 3.05) is 12.8 Å². The Hall–Kier alpha value is -1.65. The lowest BCUT2D eigenvalue weighted by atomic mass is 10.1. The third-order valence-corrected chi connectivity index (χ3v) is 2.67. The first kappa shape index (κ1) is 12.8. The molecule has 0 amide bonds. The summed E-state index contributed by atoms with van der Waals surface area (Å²) in [6, 6.07) is 9.31. The molecule has 1 heterocycles. The number of nitrogen functional groups attached to an aromatic ring is 1. The lowest BCUT2D eigenvalue weighted by molar-refractivity contribution is 0.181. The van der Waals surface area contributed by atoms with Gasteiger partial charge in [0.1, 0.15) is 11.6 Å². The van der Waals surface area contributed by atoms with Crippen LogP contribution < -0.4 is 5.73 Å². The molecule has 18 heavy (non-hydrogen) atoms. The van der Waals surface area contributed by atoms with Crippen LogP contribution in [0, 0.1) is 0 Å². The lowest BCUT2D eigenvalue weighted by Gasteiger charge is -2.05. The molecule has 0 fully saturated rings. The van der Waals surface area contributed by atoms with E-state index in [0.717, 1.165) is 11.3 Å². The molecule has 0 aliphatic heterocycles.